The molecule has 0 aliphatic carbocycles. The first-order valence-corrected chi connectivity index (χ1v) is 4.73. The highest BCUT2D eigenvalue weighted by molar-refractivity contribution is 9.10. The second-order valence-electron chi connectivity index (χ2n) is 2.51. The van der Waals surface area contributed by atoms with Gasteiger partial charge in [-0.2, -0.15) is 0 Å². The third kappa shape index (κ3) is 2.20. The number of halogens is 2. The number of hydrogen-bond acceptors (Lipinski definition) is 2. The van der Waals surface area contributed by atoms with Crippen LogP contribution in [0.25, 0.3) is 0 Å². The third-order valence-corrected chi connectivity index (χ3v) is 2.57. The van der Waals surface area contributed by atoms with E-state index in [4.69, 9.17) is 23.1 Å². The first kappa shape index (κ1) is 9.99. The highest BCUT2D eigenvalue weighted by atomic mass is 79.9. The van der Waals surface area contributed by atoms with E-state index in [9.17, 15) is 0 Å². The average Bonchev–Trinajstić information content (AvgIpc) is 2.08. The molecule has 1 atom stereocenters. The summed E-state index contributed by atoms with van der Waals surface area (Å²) in [5.41, 5.74) is 12.1. The van der Waals surface area contributed by atoms with Crippen LogP contribution in [0, 0.1) is 0 Å². The quantitative estimate of drug-likeness (QED) is 0.843. The molecule has 12 heavy (non-hydrogen) atoms. The van der Waals surface area contributed by atoms with Gasteiger partial charge in [-0.15, -0.1) is 0 Å². The summed E-state index contributed by atoms with van der Waals surface area (Å²) in [6.45, 7) is 0.416. The Bertz CT molecular complexity index is 278. The fourth-order valence-corrected chi connectivity index (χ4v) is 1.65. The summed E-state index contributed by atoms with van der Waals surface area (Å²) in [5, 5.41) is 0.678. The van der Waals surface area contributed by atoms with Gasteiger partial charge >= 0.3 is 0 Å². The molecule has 0 radical (unpaired) electrons. The molecule has 2 nitrogen and oxygen atoms in total. The smallest absolute Gasteiger partial charge is 0.0431 e. The van der Waals surface area contributed by atoms with E-state index in [1.165, 1.54) is 0 Å². The fourth-order valence-electron chi connectivity index (χ4n) is 0.926. The SMILES string of the molecule is NCC(N)c1cc(Cl)ccc1Br. The van der Waals surface area contributed by atoms with Crippen LogP contribution in [0.5, 0.6) is 0 Å². The minimum absolute atomic E-state index is 0.155. The number of hydrogen-bond donors (Lipinski definition) is 2. The Morgan fingerprint density at radius 3 is 2.75 bits per heavy atom. The molecule has 0 amide bonds. The normalized spacial score (nSPS) is 13.0. The molecule has 1 aromatic carbocycles. The van der Waals surface area contributed by atoms with Gasteiger partial charge < -0.3 is 11.5 Å². The van der Waals surface area contributed by atoms with Crippen LogP contribution in [0.15, 0.2) is 22.7 Å². The molecule has 1 rings (SSSR count). The Kier molecular flexibility index (Phi) is 3.53. The van der Waals surface area contributed by atoms with Gasteiger partial charge in [0.05, 0.1) is 0 Å². The summed E-state index contributed by atoms with van der Waals surface area (Å²) in [6.07, 6.45) is 0. The van der Waals surface area contributed by atoms with Gasteiger partial charge in [0.2, 0.25) is 0 Å². The van der Waals surface area contributed by atoms with Crippen molar-refractivity contribution in [2.75, 3.05) is 6.54 Å². The van der Waals surface area contributed by atoms with Crippen molar-refractivity contribution in [1.82, 2.24) is 0 Å². The summed E-state index contributed by atoms with van der Waals surface area (Å²) in [5.74, 6) is 0. The molecule has 0 spiro atoms. The minimum atomic E-state index is -0.155. The summed E-state index contributed by atoms with van der Waals surface area (Å²) in [7, 11) is 0. The van der Waals surface area contributed by atoms with E-state index < -0.39 is 0 Å². The lowest BCUT2D eigenvalue weighted by Gasteiger charge is -2.11. The van der Waals surface area contributed by atoms with Gasteiger partial charge in [-0.25, -0.2) is 0 Å². The van der Waals surface area contributed by atoms with Gasteiger partial charge in [0.25, 0.3) is 0 Å². The van der Waals surface area contributed by atoms with Crippen LogP contribution in [0.3, 0.4) is 0 Å². The predicted octanol–water partition coefficient (Wildman–Crippen LogP) is 2.06. The fraction of sp³-hybridized carbons (Fsp3) is 0.250. The van der Waals surface area contributed by atoms with E-state index in [-0.39, 0.29) is 6.04 Å². The Balaban J connectivity index is 3.04. The van der Waals surface area contributed by atoms with E-state index in [1.54, 1.807) is 6.07 Å². The highest BCUT2D eigenvalue weighted by Gasteiger charge is 2.07. The maximum absolute atomic E-state index is 5.80. The van der Waals surface area contributed by atoms with Gasteiger partial charge in [-0.3, -0.25) is 0 Å². The van der Waals surface area contributed by atoms with E-state index >= 15 is 0 Å². The molecule has 1 unspecified atom stereocenters. The summed E-state index contributed by atoms with van der Waals surface area (Å²) in [6, 6.07) is 5.34. The predicted molar refractivity (Wildman–Crippen MR) is 55.1 cm³/mol. The van der Waals surface area contributed by atoms with Crippen LogP contribution in [-0.2, 0) is 0 Å². The molecule has 4 heteroatoms. The van der Waals surface area contributed by atoms with Gasteiger partial charge in [-0.1, -0.05) is 27.5 Å². The van der Waals surface area contributed by atoms with E-state index in [1.807, 2.05) is 12.1 Å². The van der Waals surface area contributed by atoms with Gasteiger partial charge in [0.15, 0.2) is 0 Å². The van der Waals surface area contributed by atoms with E-state index in [0.717, 1.165) is 10.0 Å². The molecule has 0 aliphatic heterocycles. The molecule has 0 heterocycles. The lowest BCUT2D eigenvalue weighted by molar-refractivity contribution is 0.733. The third-order valence-electron chi connectivity index (χ3n) is 1.61. The number of benzene rings is 1. The molecule has 0 saturated carbocycles. The van der Waals surface area contributed by atoms with Crippen molar-refractivity contribution in [3.05, 3.63) is 33.3 Å². The van der Waals surface area contributed by atoms with Crippen molar-refractivity contribution in [3.8, 4) is 0 Å². The maximum atomic E-state index is 5.80. The van der Waals surface area contributed by atoms with E-state index in [0.29, 0.717) is 11.6 Å². The molecular weight excluding hydrogens is 239 g/mol. The monoisotopic (exact) mass is 248 g/mol. The summed E-state index contributed by atoms with van der Waals surface area (Å²) in [4.78, 5) is 0. The van der Waals surface area contributed by atoms with E-state index in [2.05, 4.69) is 15.9 Å². The highest BCUT2D eigenvalue weighted by Crippen LogP contribution is 2.24. The lowest BCUT2D eigenvalue weighted by Crippen LogP contribution is -2.21. The average molecular weight is 250 g/mol. The molecule has 0 saturated heterocycles. The molecule has 1 aromatic rings. The Morgan fingerprint density at radius 2 is 2.17 bits per heavy atom. The van der Waals surface area contributed by atoms with Crippen molar-refractivity contribution in [3.63, 3.8) is 0 Å². The Morgan fingerprint density at radius 1 is 1.50 bits per heavy atom. The van der Waals surface area contributed by atoms with Crippen molar-refractivity contribution in [2.45, 2.75) is 6.04 Å². The van der Waals surface area contributed by atoms with Crippen LogP contribution >= 0.6 is 27.5 Å². The largest absolute Gasteiger partial charge is 0.329 e. The van der Waals surface area contributed by atoms with Crippen LogP contribution < -0.4 is 11.5 Å². The standard InChI is InChI=1S/C8H10BrClN2/c9-7-2-1-5(10)3-6(7)8(12)4-11/h1-3,8H,4,11-12H2. The molecule has 0 bridgehead atoms. The summed E-state index contributed by atoms with van der Waals surface area (Å²) >= 11 is 9.18. The molecule has 0 aromatic heterocycles. The zero-order chi connectivity index (χ0) is 9.14. The first-order chi connectivity index (χ1) is 5.65. The van der Waals surface area contributed by atoms with Crippen LogP contribution in [0.4, 0.5) is 0 Å². The van der Waals surface area contributed by atoms with Crippen LogP contribution in [0.2, 0.25) is 5.02 Å². The van der Waals surface area contributed by atoms with Crippen molar-refractivity contribution in [2.24, 2.45) is 11.5 Å². The van der Waals surface area contributed by atoms with Gasteiger partial charge in [0, 0.05) is 22.1 Å². The second kappa shape index (κ2) is 4.23. The minimum Gasteiger partial charge on any atom is -0.329 e. The number of nitrogens with two attached hydrogens (primary N) is 2. The van der Waals surface area contributed by atoms with Crippen molar-refractivity contribution < 1.29 is 0 Å². The zero-order valence-electron chi connectivity index (χ0n) is 6.43. The molecule has 66 valence electrons. The molecule has 0 aliphatic rings. The second-order valence-corrected chi connectivity index (χ2v) is 3.80. The van der Waals surface area contributed by atoms with Crippen LogP contribution in [-0.4, -0.2) is 6.54 Å². The zero-order valence-corrected chi connectivity index (χ0v) is 8.77. The molecule has 0 fully saturated rings. The Hall–Kier alpha value is -0.0900. The van der Waals surface area contributed by atoms with Crippen molar-refractivity contribution in [1.29, 1.82) is 0 Å². The number of rotatable bonds is 2. The van der Waals surface area contributed by atoms with Gasteiger partial charge in [-0.05, 0) is 23.8 Å². The molecule has 4 N–H and O–H groups in total. The summed E-state index contributed by atoms with van der Waals surface area (Å²) < 4.78 is 0.949. The van der Waals surface area contributed by atoms with Gasteiger partial charge in [0.1, 0.15) is 0 Å². The maximum Gasteiger partial charge on any atom is 0.0431 e. The topological polar surface area (TPSA) is 52.0 Å². The first-order valence-electron chi connectivity index (χ1n) is 3.55. The van der Waals surface area contributed by atoms with Crippen molar-refractivity contribution >= 4 is 27.5 Å². The lowest BCUT2D eigenvalue weighted by atomic mass is 10.1. The Labute approximate surface area is 85.0 Å². The van der Waals surface area contributed by atoms with Crippen LogP contribution in [0.1, 0.15) is 11.6 Å². The molecular formula is C8H10BrClN2.